The minimum Gasteiger partial charge on any atom is -0.550 e. The van der Waals surface area contributed by atoms with E-state index in [1.54, 1.807) is 0 Å². The molecule has 7 heteroatoms. The standard InChI is InChI=1S/C9H15N3O3S/c10-9(16)12-11-7(13)5-3-1-2-4-6(5)8(14)15/h5-6H,1-4H2,(H,11,13)(H,14,15)(H3,10,12,16)/p-1/t5-,6+/m1/s1. The lowest BCUT2D eigenvalue weighted by atomic mass is 9.79. The smallest absolute Gasteiger partial charge is 0.242 e. The molecule has 1 aliphatic rings. The van der Waals surface area contributed by atoms with E-state index in [0.717, 1.165) is 12.8 Å². The lowest BCUT2D eigenvalue weighted by Crippen LogP contribution is -2.50. The van der Waals surface area contributed by atoms with Crippen molar-refractivity contribution < 1.29 is 14.7 Å². The van der Waals surface area contributed by atoms with E-state index in [1.165, 1.54) is 0 Å². The van der Waals surface area contributed by atoms with Gasteiger partial charge in [-0.2, -0.15) is 0 Å². The zero-order valence-corrected chi connectivity index (χ0v) is 9.51. The number of aliphatic carboxylic acids is 1. The fourth-order valence-corrected chi connectivity index (χ4v) is 1.99. The summed E-state index contributed by atoms with van der Waals surface area (Å²) in [5.74, 6) is -2.86. The Labute approximate surface area is 98.5 Å². The summed E-state index contributed by atoms with van der Waals surface area (Å²) in [7, 11) is 0. The number of hydrogen-bond donors (Lipinski definition) is 3. The number of thiocarbonyl (C=S) groups is 1. The summed E-state index contributed by atoms with van der Waals surface area (Å²) < 4.78 is 0. The zero-order valence-electron chi connectivity index (χ0n) is 8.69. The quantitative estimate of drug-likeness (QED) is 0.399. The van der Waals surface area contributed by atoms with Crippen LogP contribution in [0.3, 0.4) is 0 Å². The minimum absolute atomic E-state index is 0.0610. The molecular weight excluding hydrogens is 230 g/mol. The third-order valence-corrected chi connectivity index (χ3v) is 2.82. The van der Waals surface area contributed by atoms with Crippen LogP contribution >= 0.6 is 12.2 Å². The van der Waals surface area contributed by atoms with Crippen LogP contribution in [0.5, 0.6) is 0 Å². The summed E-state index contributed by atoms with van der Waals surface area (Å²) in [6, 6.07) is 0. The summed E-state index contributed by atoms with van der Waals surface area (Å²) in [6.45, 7) is 0. The summed E-state index contributed by atoms with van der Waals surface area (Å²) in [4.78, 5) is 22.5. The number of nitrogens with two attached hydrogens (primary N) is 1. The van der Waals surface area contributed by atoms with Crippen molar-refractivity contribution in [2.24, 2.45) is 17.6 Å². The van der Waals surface area contributed by atoms with Crippen molar-refractivity contribution in [3.63, 3.8) is 0 Å². The van der Waals surface area contributed by atoms with E-state index in [4.69, 9.17) is 5.73 Å². The summed E-state index contributed by atoms with van der Waals surface area (Å²) >= 11 is 4.52. The first kappa shape index (κ1) is 12.7. The number of carboxylic acids is 1. The molecule has 1 fully saturated rings. The second-order valence-corrected chi connectivity index (χ2v) is 4.23. The highest BCUT2D eigenvalue weighted by atomic mass is 32.1. The number of carboxylic acid groups (broad SMARTS) is 1. The molecule has 0 bridgehead atoms. The fraction of sp³-hybridized carbons (Fsp3) is 0.667. The minimum atomic E-state index is -1.17. The van der Waals surface area contributed by atoms with Crippen LogP contribution in [0.4, 0.5) is 0 Å². The highest BCUT2D eigenvalue weighted by Gasteiger charge is 2.31. The largest absolute Gasteiger partial charge is 0.550 e. The van der Waals surface area contributed by atoms with E-state index in [0.29, 0.717) is 12.8 Å². The number of carbonyl (C=O) groups is 2. The Morgan fingerprint density at radius 1 is 1.19 bits per heavy atom. The van der Waals surface area contributed by atoms with E-state index in [1.807, 2.05) is 0 Å². The second kappa shape index (κ2) is 5.64. The normalized spacial score (nSPS) is 24.5. The van der Waals surface area contributed by atoms with Gasteiger partial charge in [0, 0.05) is 17.8 Å². The molecule has 0 aliphatic heterocycles. The third kappa shape index (κ3) is 3.34. The molecule has 16 heavy (non-hydrogen) atoms. The molecule has 4 N–H and O–H groups in total. The van der Waals surface area contributed by atoms with Crippen molar-refractivity contribution >= 4 is 29.2 Å². The Balaban J connectivity index is 2.57. The molecule has 0 spiro atoms. The summed E-state index contributed by atoms with van der Waals surface area (Å²) in [5.41, 5.74) is 9.73. The van der Waals surface area contributed by atoms with Gasteiger partial charge in [0.2, 0.25) is 5.91 Å². The van der Waals surface area contributed by atoms with Crippen LogP contribution in [0.15, 0.2) is 0 Å². The van der Waals surface area contributed by atoms with E-state index < -0.39 is 23.7 Å². The Morgan fingerprint density at radius 3 is 2.25 bits per heavy atom. The van der Waals surface area contributed by atoms with Gasteiger partial charge in [-0.25, -0.2) is 0 Å². The van der Waals surface area contributed by atoms with Crippen LogP contribution in [0.25, 0.3) is 0 Å². The van der Waals surface area contributed by atoms with E-state index in [9.17, 15) is 14.7 Å². The van der Waals surface area contributed by atoms with Crippen LogP contribution in [-0.4, -0.2) is 17.0 Å². The molecule has 90 valence electrons. The van der Waals surface area contributed by atoms with E-state index in [-0.39, 0.29) is 5.11 Å². The molecule has 6 nitrogen and oxygen atoms in total. The van der Waals surface area contributed by atoms with Gasteiger partial charge >= 0.3 is 0 Å². The van der Waals surface area contributed by atoms with Crippen molar-refractivity contribution in [2.75, 3.05) is 0 Å². The maximum atomic E-state index is 11.6. The lowest BCUT2D eigenvalue weighted by Gasteiger charge is -2.31. The molecule has 1 rings (SSSR count). The molecule has 1 amide bonds. The van der Waals surface area contributed by atoms with Gasteiger partial charge in [-0.05, 0) is 25.1 Å². The van der Waals surface area contributed by atoms with Crippen LogP contribution in [0, 0.1) is 11.8 Å². The van der Waals surface area contributed by atoms with Crippen molar-refractivity contribution in [3.8, 4) is 0 Å². The number of hydrazine groups is 1. The van der Waals surface area contributed by atoms with Crippen LogP contribution in [-0.2, 0) is 9.59 Å². The monoisotopic (exact) mass is 244 g/mol. The second-order valence-electron chi connectivity index (χ2n) is 3.79. The number of nitrogens with one attached hydrogen (secondary N) is 2. The predicted molar refractivity (Wildman–Crippen MR) is 58.5 cm³/mol. The van der Waals surface area contributed by atoms with Gasteiger partial charge in [0.05, 0.1) is 0 Å². The average Bonchev–Trinajstić information content (AvgIpc) is 2.25. The van der Waals surface area contributed by atoms with E-state index in [2.05, 4.69) is 23.1 Å². The number of amides is 1. The first-order chi connectivity index (χ1) is 7.52. The summed E-state index contributed by atoms with van der Waals surface area (Å²) in [5, 5.41) is 10.8. The predicted octanol–water partition coefficient (Wildman–Crippen LogP) is -1.59. The highest BCUT2D eigenvalue weighted by molar-refractivity contribution is 7.80. The molecule has 0 aromatic heterocycles. The number of rotatable bonds is 2. The zero-order chi connectivity index (χ0) is 12.1. The molecule has 1 saturated carbocycles. The molecular formula is C9H14N3O3S-. The van der Waals surface area contributed by atoms with Crippen LogP contribution in [0.1, 0.15) is 25.7 Å². The van der Waals surface area contributed by atoms with Gasteiger partial charge in [-0.15, -0.1) is 0 Å². The van der Waals surface area contributed by atoms with Crippen LogP contribution in [0.2, 0.25) is 0 Å². The molecule has 0 unspecified atom stereocenters. The molecule has 0 saturated heterocycles. The Bertz CT molecular complexity index is 308. The third-order valence-electron chi connectivity index (χ3n) is 2.71. The first-order valence-corrected chi connectivity index (χ1v) is 5.49. The van der Waals surface area contributed by atoms with Gasteiger partial charge in [-0.1, -0.05) is 12.8 Å². The Hall–Kier alpha value is -1.37. The topological polar surface area (TPSA) is 107 Å². The molecule has 2 atom stereocenters. The van der Waals surface area contributed by atoms with Crippen molar-refractivity contribution in [3.05, 3.63) is 0 Å². The number of carbonyl (C=O) groups excluding carboxylic acids is 2. The van der Waals surface area contributed by atoms with Crippen molar-refractivity contribution in [2.45, 2.75) is 25.7 Å². The molecule has 0 aromatic rings. The lowest BCUT2D eigenvalue weighted by molar-refractivity contribution is -0.314. The summed E-state index contributed by atoms with van der Waals surface area (Å²) in [6.07, 6.45) is 2.68. The molecule has 0 heterocycles. The number of hydrogen-bond acceptors (Lipinski definition) is 4. The van der Waals surface area contributed by atoms with Gasteiger partial charge in [0.25, 0.3) is 0 Å². The maximum Gasteiger partial charge on any atom is 0.242 e. The van der Waals surface area contributed by atoms with Gasteiger partial charge in [-0.3, -0.25) is 15.6 Å². The maximum absolute atomic E-state index is 11.6. The molecule has 0 radical (unpaired) electrons. The van der Waals surface area contributed by atoms with Gasteiger partial charge in [0.1, 0.15) is 0 Å². The SMILES string of the molecule is NC(=S)NNC(=O)[C@@H]1CCCC[C@@H]1C(=O)[O-]. The van der Waals surface area contributed by atoms with E-state index >= 15 is 0 Å². The molecule has 1 aliphatic carbocycles. The fourth-order valence-electron chi connectivity index (χ4n) is 1.94. The van der Waals surface area contributed by atoms with Gasteiger partial charge in [0.15, 0.2) is 5.11 Å². The van der Waals surface area contributed by atoms with Crippen molar-refractivity contribution in [1.29, 1.82) is 0 Å². The Morgan fingerprint density at radius 2 is 1.75 bits per heavy atom. The Kier molecular flexibility index (Phi) is 4.48. The van der Waals surface area contributed by atoms with Gasteiger partial charge < -0.3 is 15.6 Å². The molecule has 0 aromatic carbocycles. The van der Waals surface area contributed by atoms with Crippen LogP contribution < -0.4 is 21.7 Å². The highest BCUT2D eigenvalue weighted by Crippen LogP contribution is 2.29. The first-order valence-electron chi connectivity index (χ1n) is 5.08. The average molecular weight is 244 g/mol. The van der Waals surface area contributed by atoms with Crippen molar-refractivity contribution in [1.82, 2.24) is 10.9 Å².